The molecule has 0 spiro atoms. The molecule has 0 saturated heterocycles. The van der Waals surface area contributed by atoms with Gasteiger partial charge in [0.15, 0.2) is 0 Å². The summed E-state index contributed by atoms with van der Waals surface area (Å²) in [5.74, 6) is -1.46. The van der Waals surface area contributed by atoms with Crippen LogP contribution in [0.4, 0.5) is 21.9 Å². The van der Waals surface area contributed by atoms with Crippen LogP contribution in [0.25, 0.3) is 0 Å². The van der Waals surface area contributed by atoms with Gasteiger partial charge in [-0.25, -0.2) is 4.79 Å². The number of carbonyl (C=O) groups is 4. The zero-order chi connectivity index (χ0) is 23.8. The molecule has 0 fully saturated rings. The van der Waals surface area contributed by atoms with Crippen LogP contribution in [0.3, 0.4) is 0 Å². The van der Waals surface area contributed by atoms with Crippen LogP contribution in [-0.4, -0.2) is 40.9 Å². The molecule has 2 aromatic rings. The van der Waals surface area contributed by atoms with Crippen LogP contribution >= 0.6 is 0 Å². The van der Waals surface area contributed by atoms with Gasteiger partial charge in [0, 0.05) is 17.8 Å². The van der Waals surface area contributed by atoms with Crippen molar-refractivity contribution in [3.63, 3.8) is 0 Å². The smallest absolute Gasteiger partial charge is 0.412 e. The van der Waals surface area contributed by atoms with Gasteiger partial charge >= 0.3 is 6.09 Å². The van der Waals surface area contributed by atoms with Gasteiger partial charge in [-0.2, -0.15) is 0 Å². The molecule has 1 N–H and O–H groups in total. The van der Waals surface area contributed by atoms with E-state index < -0.39 is 29.4 Å². The molecular formula is C25H25N3O5. The zero-order valence-corrected chi connectivity index (χ0v) is 18.8. The van der Waals surface area contributed by atoms with E-state index in [0.29, 0.717) is 23.5 Å². The first kappa shape index (κ1) is 22.3. The number of para-hydroxylation sites is 1. The molecule has 2 aromatic carbocycles. The minimum atomic E-state index is -0.653. The summed E-state index contributed by atoms with van der Waals surface area (Å²) >= 11 is 0. The highest BCUT2D eigenvalue weighted by molar-refractivity contribution is 6.16. The molecule has 0 bridgehead atoms. The predicted molar refractivity (Wildman–Crippen MR) is 123 cm³/mol. The third-order valence-corrected chi connectivity index (χ3v) is 5.31. The van der Waals surface area contributed by atoms with Crippen molar-refractivity contribution in [3.8, 4) is 0 Å². The molecule has 8 heteroatoms. The number of nitrogens with one attached hydrogen (secondary N) is 1. The quantitative estimate of drug-likeness (QED) is 0.724. The van der Waals surface area contributed by atoms with Crippen molar-refractivity contribution in [2.75, 3.05) is 16.8 Å². The highest BCUT2D eigenvalue weighted by Gasteiger charge is 2.32. The Labute approximate surface area is 191 Å². The maximum atomic E-state index is 13.5. The molecule has 33 heavy (non-hydrogen) atoms. The van der Waals surface area contributed by atoms with Gasteiger partial charge in [-0.15, -0.1) is 0 Å². The minimum Gasteiger partial charge on any atom is -0.444 e. The summed E-state index contributed by atoms with van der Waals surface area (Å²) in [5, 5.41) is 2.71. The van der Waals surface area contributed by atoms with Crippen LogP contribution in [0, 0.1) is 0 Å². The van der Waals surface area contributed by atoms with E-state index in [2.05, 4.69) is 5.32 Å². The van der Waals surface area contributed by atoms with Crippen molar-refractivity contribution in [3.05, 3.63) is 65.7 Å². The normalized spacial score (nSPS) is 15.1. The van der Waals surface area contributed by atoms with Crippen LogP contribution < -0.4 is 10.2 Å². The van der Waals surface area contributed by atoms with Crippen molar-refractivity contribution >= 4 is 40.9 Å². The van der Waals surface area contributed by atoms with E-state index in [-0.39, 0.29) is 6.54 Å². The van der Waals surface area contributed by atoms with E-state index in [9.17, 15) is 19.2 Å². The Kier molecular flexibility index (Phi) is 5.76. The Morgan fingerprint density at radius 3 is 2.24 bits per heavy atom. The van der Waals surface area contributed by atoms with Gasteiger partial charge in [0.25, 0.3) is 17.7 Å². The molecular weight excluding hydrogens is 422 g/mol. The topological polar surface area (TPSA) is 96.0 Å². The fraction of sp³-hybridized carbons (Fsp3) is 0.280. The van der Waals surface area contributed by atoms with E-state index in [1.165, 1.54) is 4.90 Å². The summed E-state index contributed by atoms with van der Waals surface area (Å²) < 4.78 is 5.33. The fourth-order valence-electron chi connectivity index (χ4n) is 3.88. The van der Waals surface area contributed by atoms with Crippen molar-refractivity contribution in [2.45, 2.75) is 39.2 Å². The maximum absolute atomic E-state index is 13.5. The van der Waals surface area contributed by atoms with Gasteiger partial charge in [-0.1, -0.05) is 24.3 Å². The number of aryl methyl sites for hydroxylation is 2. The lowest BCUT2D eigenvalue weighted by Crippen LogP contribution is -2.41. The van der Waals surface area contributed by atoms with Gasteiger partial charge in [-0.3, -0.25) is 29.5 Å². The summed E-state index contributed by atoms with van der Waals surface area (Å²) in [6.45, 7) is 4.94. The number of benzene rings is 2. The van der Waals surface area contributed by atoms with Crippen molar-refractivity contribution in [2.24, 2.45) is 0 Å². The molecule has 0 radical (unpaired) electrons. The maximum Gasteiger partial charge on any atom is 0.412 e. The number of hydrogen-bond donors (Lipinski definition) is 1. The van der Waals surface area contributed by atoms with Gasteiger partial charge in [-0.05, 0) is 62.9 Å². The first-order chi connectivity index (χ1) is 15.6. The molecule has 0 aliphatic carbocycles. The van der Waals surface area contributed by atoms with Crippen molar-refractivity contribution < 1.29 is 23.9 Å². The third kappa shape index (κ3) is 4.79. The second kappa shape index (κ2) is 8.54. The molecule has 4 amide bonds. The lowest BCUT2D eigenvalue weighted by Gasteiger charge is -2.27. The molecule has 8 nitrogen and oxygen atoms in total. The second-order valence-electron chi connectivity index (χ2n) is 8.92. The second-order valence-corrected chi connectivity index (χ2v) is 8.92. The van der Waals surface area contributed by atoms with Gasteiger partial charge in [0.1, 0.15) is 12.1 Å². The van der Waals surface area contributed by atoms with Crippen LogP contribution in [0.1, 0.15) is 31.9 Å². The zero-order valence-electron chi connectivity index (χ0n) is 18.8. The lowest BCUT2D eigenvalue weighted by molar-refractivity contribution is -0.140. The van der Waals surface area contributed by atoms with Crippen LogP contribution in [0.15, 0.2) is 54.6 Å². The van der Waals surface area contributed by atoms with Crippen LogP contribution in [0.5, 0.6) is 0 Å². The number of nitrogens with zero attached hydrogens (tertiary/aromatic N) is 2. The first-order valence-corrected chi connectivity index (χ1v) is 10.7. The number of amides is 4. The van der Waals surface area contributed by atoms with E-state index in [1.807, 2.05) is 30.3 Å². The number of imide groups is 1. The molecule has 2 aliphatic rings. The number of rotatable bonds is 3. The molecule has 2 heterocycles. The molecule has 0 atom stereocenters. The standard InChI is InChI=1S/C25H25N3O5/c1-25(2,3)33-24(32)26-18-11-10-17-9-8-16-6-4-5-7-19(16)28(20(17)14-18)23(31)15-27-21(29)12-13-22(27)30/h4-7,10-14H,8-9,15H2,1-3H3,(H,26,32). The highest BCUT2D eigenvalue weighted by Crippen LogP contribution is 2.38. The average Bonchev–Trinajstić information content (AvgIpc) is 2.95. The number of hydrogen-bond acceptors (Lipinski definition) is 5. The monoisotopic (exact) mass is 447 g/mol. The molecule has 2 aliphatic heterocycles. The minimum absolute atomic E-state index is 0.387. The summed E-state index contributed by atoms with van der Waals surface area (Å²) in [7, 11) is 0. The van der Waals surface area contributed by atoms with Gasteiger partial charge < -0.3 is 4.74 Å². The molecule has 4 rings (SSSR count). The van der Waals surface area contributed by atoms with Crippen LogP contribution in [-0.2, 0) is 32.0 Å². The lowest BCUT2D eigenvalue weighted by atomic mass is 10.0. The molecule has 0 unspecified atom stereocenters. The van der Waals surface area contributed by atoms with Gasteiger partial charge in [0.05, 0.1) is 11.4 Å². The predicted octanol–water partition coefficient (Wildman–Crippen LogP) is 3.72. The van der Waals surface area contributed by atoms with Crippen molar-refractivity contribution in [1.82, 2.24) is 4.90 Å². The third-order valence-electron chi connectivity index (χ3n) is 5.31. The van der Waals surface area contributed by atoms with E-state index in [1.54, 1.807) is 32.9 Å². The summed E-state index contributed by atoms with van der Waals surface area (Å²) in [4.78, 5) is 52.3. The van der Waals surface area contributed by atoms with E-state index in [4.69, 9.17) is 4.74 Å². The fourth-order valence-corrected chi connectivity index (χ4v) is 3.88. The SMILES string of the molecule is CC(C)(C)OC(=O)Nc1ccc2c(c1)N(C(=O)CN1C(=O)C=CC1=O)c1ccccc1CC2. The first-order valence-electron chi connectivity index (χ1n) is 10.7. The average molecular weight is 447 g/mol. The summed E-state index contributed by atoms with van der Waals surface area (Å²) in [5.41, 5.74) is 2.97. The number of fused-ring (bicyclic) bond motifs is 2. The Morgan fingerprint density at radius 2 is 1.58 bits per heavy atom. The Balaban J connectivity index is 1.71. The Hall–Kier alpha value is -3.94. The van der Waals surface area contributed by atoms with E-state index in [0.717, 1.165) is 34.6 Å². The highest BCUT2D eigenvalue weighted by atomic mass is 16.6. The molecule has 0 saturated carbocycles. The number of ether oxygens (including phenoxy) is 1. The number of anilines is 3. The molecule has 170 valence electrons. The van der Waals surface area contributed by atoms with Crippen molar-refractivity contribution in [1.29, 1.82) is 0 Å². The molecule has 0 aromatic heterocycles. The summed E-state index contributed by atoms with van der Waals surface area (Å²) in [6, 6.07) is 12.9. The van der Waals surface area contributed by atoms with Crippen LogP contribution in [0.2, 0.25) is 0 Å². The Bertz CT molecular complexity index is 1160. The number of carbonyl (C=O) groups excluding carboxylic acids is 4. The summed E-state index contributed by atoms with van der Waals surface area (Å²) in [6.07, 6.45) is 3.11. The largest absolute Gasteiger partial charge is 0.444 e. The van der Waals surface area contributed by atoms with E-state index >= 15 is 0 Å². The van der Waals surface area contributed by atoms with Gasteiger partial charge in [0.2, 0.25) is 0 Å². The Morgan fingerprint density at radius 1 is 0.939 bits per heavy atom.